The number of hydrogen-bond donors (Lipinski definition) is 1. The molecular formula is C24H26FN3O3. The highest BCUT2D eigenvalue weighted by molar-refractivity contribution is 5.96. The van der Waals surface area contributed by atoms with Crippen LogP contribution in [0.5, 0.6) is 5.75 Å². The third kappa shape index (κ3) is 2.80. The normalized spacial score (nSPS) is 20.0. The molecular weight excluding hydrogens is 397 g/mol. The number of carbonyl (C=O) groups is 1. The topological polar surface area (TPSA) is 57.9 Å². The van der Waals surface area contributed by atoms with E-state index in [1.807, 2.05) is 26.2 Å². The van der Waals surface area contributed by atoms with Crippen molar-refractivity contribution in [2.24, 2.45) is 7.05 Å². The second-order valence-corrected chi connectivity index (χ2v) is 8.74. The Kier molecular flexibility index (Phi) is 4.57. The summed E-state index contributed by atoms with van der Waals surface area (Å²) < 4.78 is 21.7. The van der Waals surface area contributed by atoms with Gasteiger partial charge in [-0.2, -0.15) is 0 Å². The van der Waals surface area contributed by atoms with Crippen LogP contribution in [0.4, 0.5) is 4.39 Å². The first-order chi connectivity index (χ1) is 14.9. The van der Waals surface area contributed by atoms with E-state index >= 15 is 0 Å². The summed E-state index contributed by atoms with van der Waals surface area (Å²) in [5, 5.41) is 11.3. The van der Waals surface area contributed by atoms with Gasteiger partial charge in [0.2, 0.25) is 0 Å². The Bertz CT molecular complexity index is 1180. The van der Waals surface area contributed by atoms with Gasteiger partial charge < -0.3 is 19.3 Å². The van der Waals surface area contributed by atoms with Crippen LogP contribution < -0.4 is 4.74 Å². The van der Waals surface area contributed by atoms with Crippen LogP contribution in [0.1, 0.15) is 27.7 Å². The van der Waals surface area contributed by atoms with Gasteiger partial charge in [0, 0.05) is 49.2 Å². The van der Waals surface area contributed by atoms with E-state index < -0.39 is 5.82 Å². The van der Waals surface area contributed by atoms with E-state index in [2.05, 4.69) is 15.5 Å². The van der Waals surface area contributed by atoms with Crippen LogP contribution >= 0.6 is 0 Å². The summed E-state index contributed by atoms with van der Waals surface area (Å²) in [6, 6.07) is 12.0. The molecule has 0 unspecified atom stereocenters. The molecule has 6 nitrogen and oxygen atoms in total. The number of methoxy groups -OCH3 is 1. The van der Waals surface area contributed by atoms with Gasteiger partial charge in [-0.1, -0.05) is 12.1 Å². The van der Waals surface area contributed by atoms with Gasteiger partial charge in [0.15, 0.2) is 0 Å². The molecule has 3 heterocycles. The SMILES string of the molecule is COc1ccc2c3c(n(C)c2c1)[C@@H](CO)N(C)CC31CN(C(=O)c2ccccc2F)C1. The highest BCUT2D eigenvalue weighted by Gasteiger charge is 2.54. The summed E-state index contributed by atoms with van der Waals surface area (Å²) in [6.07, 6.45) is 0. The van der Waals surface area contributed by atoms with Gasteiger partial charge in [0.1, 0.15) is 11.6 Å². The van der Waals surface area contributed by atoms with Crippen molar-refractivity contribution in [2.75, 3.05) is 40.4 Å². The largest absolute Gasteiger partial charge is 0.497 e. The standard InChI is InChI=1S/C24H26FN3O3/c1-26-12-24(13-28(14-24)23(30)16-6-4-5-7-18(16)25)21-17-9-8-15(31-3)10-19(17)27(2)22(21)20(26)11-29/h4-10,20,29H,11-14H2,1-3H3/t20-/m1/s1. The molecule has 0 radical (unpaired) electrons. The molecule has 7 heteroatoms. The fourth-order valence-electron chi connectivity index (χ4n) is 5.50. The molecule has 2 aliphatic rings. The van der Waals surface area contributed by atoms with E-state index in [0.717, 1.165) is 28.9 Å². The zero-order chi connectivity index (χ0) is 21.9. The number of ether oxygens (including phenoxy) is 1. The second-order valence-electron chi connectivity index (χ2n) is 8.74. The van der Waals surface area contributed by atoms with Gasteiger partial charge in [-0.25, -0.2) is 4.39 Å². The van der Waals surface area contributed by atoms with Crippen molar-refractivity contribution >= 4 is 16.8 Å². The number of likely N-dealkylation sites (N-methyl/N-ethyl adjacent to an activating group) is 1. The lowest BCUT2D eigenvalue weighted by molar-refractivity contribution is 0.00734. The second kappa shape index (κ2) is 7.07. The molecule has 0 saturated carbocycles. The predicted molar refractivity (Wildman–Crippen MR) is 116 cm³/mol. The Morgan fingerprint density at radius 1 is 1.19 bits per heavy atom. The average molecular weight is 423 g/mol. The number of aliphatic hydroxyl groups is 1. The number of aromatic nitrogens is 1. The Labute approximate surface area is 180 Å². The first-order valence-electron chi connectivity index (χ1n) is 10.4. The number of fused-ring (bicyclic) bond motifs is 4. The Balaban J connectivity index is 1.59. The van der Waals surface area contributed by atoms with Crippen molar-refractivity contribution < 1.29 is 19.0 Å². The number of nitrogens with zero attached hydrogens (tertiary/aromatic N) is 3. The molecule has 1 aromatic heterocycles. The van der Waals surface area contributed by atoms with E-state index in [9.17, 15) is 14.3 Å². The van der Waals surface area contributed by atoms with Gasteiger partial charge >= 0.3 is 0 Å². The highest BCUT2D eigenvalue weighted by Crippen LogP contribution is 2.49. The number of aryl methyl sites for hydroxylation is 1. The quantitative estimate of drug-likeness (QED) is 0.704. The average Bonchev–Trinajstić information content (AvgIpc) is 3.04. The molecule has 162 valence electrons. The molecule has 1 spiro atoms. The monoisotopic (exact) mass is 423 g/mol. The fraction of sp³-hybridized carbons (Fsp3) is 0.375. The summed E-state index contributed by atoms with van der Waals surface area (Å²) in [5.41, 5.74) is 3.14. The van der Waals surface area contributed by atoms with E-state index in [1.165, 1.54) is 17.7 Å². The van der Waals surface area contributed by atoms with Crippen molar-refractivity contribution in [1.29, 1.82) is 0 Å². The summed E-state index contributed by atoms with van der Waals surface area (Å²) in [4.78, 5) is 16.8. The van der Waals surface area contributed by atoms with Crippen LogP contribution in [-0.2, 0) is 12.5 Å². The fourth-order valence-corrected chi connectivity index (χ4v) is 5.50. The lowest BCUT2D eigenvalue weighted by atomic mass is 9.68. The Morgan fingerprint density at radius 2 is 1.94 bits per heavy atom. The van der Waals surface area contributed by atoms with Crippen molar-refractivity contribution in [2.45, 2.75) is 11.5 Å². The molecule has 1 saturated heterocycles. The van der Waals surface area contributed by atoms with Gasteiger partial charge in [0.05, 0.1) is 30.8 Å². The lowest BCUT2D eigenvalue weighted by Gasteiger charge is -2.55. The van der Waals surface area contributed by atoms with Crippen LogP contribution in [0.25, 0.3) is 10.9 Å². The van der Waals surface area contributed by atoms with Crippen molar-refractivity contribution in [3.05, 3.63) is 65.1 Å². The van der Waals surface area contributed by atoms with Gasteiger partial charge in [-0.05, 0) is 36.9 Å². The van der Waals surface area contributed by atoms with Crippen LogP contribution in [0.3, 0.4) is 0 Å². The number of likely N-dealkylation sites (tertiary alicyclic amines) is 1. The molecule has 3 aromatic rings. The van der Waals surface area contributed by atoms with Gasteiger partial charge in [-0.3, -0.25) is 9.69 Å². The van der Waals surface area contributed by atoms with E-state index in [0.29, 0.717) is 13.1 Å². The minimum atomic E-state index is -0.493. The first-order valence-corrected chi connectivity index (χ1v) is 10.4. The highest BCUT2D eigenvalue weighted by atomic mass is 19.1. The molecule has 1 atom stereocenters. The maximum atomic E-state index is 14.2. The lowest BCUT2D eigenvalue weighted by Crippen LogP contribution is -2.67. The molecule has 5 rings (SSSR count). The molecule has 0 bridgehead atoms. The van der Waals surface area contributed by atoms with E-state index in [-0.39, 0.29) is 29.5 Å². The van der Waals surface area contributed by atoms with Crippen LogP contribution in [0.15, 0.2) is 42.5 Å². The van der Waals surface area contributed by atoms with Crippen molar-refractivity contribution in [3.8, 4) is 5.75 Å². The predicted octanol–water partition coefficient (Wildman–Crippen LogP) is 2.70. The third-order valence-electron chi connectivity index (χ3n) is 6.93. The number of amides is 1. The minimum Gasteiger partial charge on any atom is -0.497 e. The van der Waals surface area contributed by atoms with Gasteiger partial charge in [0.25, 0.3) is 5.91 Å². The van der Waals surface area contributed by atoms with Crippen LogP contribution in [0, 0.1) is 5.82 Å². The number of halogens is 1. The molecule has 2 aliphatic heterocycles. The molecule has 1 amide bonds. The summed E-state index contributed by atoms with van der Waals surface area (Å²) >= 11 is 0. The minimum absolute atomic E-state index is 0.0126. The molecule has 0 aliphatic carbocycles. The molecule has 2 aromatic carbocycles. The van der Waals surface area contributed by atoms with Crippen LogP contribution in [-0.4, -0.2) is 65.8 Å². The summed E-state index contributed by atoms with van der Waals surface area (Å²) in [7, 11) is 5.66. The number of hydrogen-bond acceptors (Lipinski definition) is 4. The van der Waals surface area contributed by atoms with E-state index in [4.69, 9.17) is 4.74 Å². The maximum Gasteiger partial charge on any atom is 0.256 e. The van der Waals surface area contributed by atoms with Crippen molar-refractivity contribution in [3.63, 3.8) is 0 Å². The number of aliphatic hydroxyl groups excluding tert-OH is 1. The van der Waals surface area contributed by atoms with E-state index in [1.54, 1.807) is 24.1 Å². The summed E-state index contributed by atoms with van der Waals surface area (Å²) in [5.74, 6) is 0.00461. The van der Waals surface area contributed by atoms with Crippen LogP contribution in [0.2, 0.25) is 0 Å². The zero-order valence-corrected chi connectivity index (χ0v) is 17.9. The van der Waals surface area contributed by atoms with Gasteiger partial charge in [-0.15, -0.1) is 0 Å². The number of rotatable bonds is 3. The molecule has 31 heavy (non-hydrogen) atoms. The molecule has 1 fully saturated rings. The maximum absolute atomic E-state index is 14.2. The Hall–Kier alpha value is -2.90. The first kappa shape index (κ1) is 20.0. The zero-order valence-electron chi connectivity index (χ0n) is 17.9. The summed E-state index contributed by atoms with van der Waals surface area (Å²) in [6.45, 7) is 1.76. The third-order valence-corrected chi connectivity index (χ3v) is 6.93. The Morgan fingerprint density at radius 3 is 2.61 bits per heavy atom. The smallest absolute Gasteiger partial charge is 0.256 e. The van der Waals surface area contributed by atoms with Crippen molar-refractivity contribution in [1.82, 2.24) is 14.4 Å². The molecule has 1 N–H and O–H groups in total. The number of benzene rings is 2. The number of carbonyl (C=O) groups excluding carboxylic acids is 1.